The smallest absolute Gasteiger partial charge is 0.341 e. The molecule has 184 valence electrons. The first-order valence-corrected chi connectivity index (χ1v) is 12.9. The molecule has 10 heteroatoms. The summed E-state index contributed by atoms with van der Waals surface area (Å²) >= 11 is 1.95. The van der Waals surface area contributed by atoms with Gasteiger partial charge in [-0.25, -0.2) is 9.78 Å². The van der Waals surface area contributed by atoms with Crippen molar-refractivity contribution in [1.82, 2.24) is 15.0 Å². The van der Waals surface area contributed by atoms with Crippen LogP contribution in [0.2, 0.25) is 0 Å². The number of methoxy groups -OCH3 is 2. The lowest BCUT2D eigenvalue weighted by molar-refractivity contribution is 0.0597. The topological polar surface area (TPSA) is 89.9 Å². The first-order chi connectivity index (χ1) is 17.1. The number of pyridine rings is 1. The zero-order valence-corrected chi connectivity index (χ0v) is 21.0. The Labute approximate surface area is 208 Å². The summed E-state index contributed by atoms with van der Waals surface area (Å²) < 4.78 is 15.9. The molecule has 35 heavy (non-hydrogen) atoms. The predicted molar refractivity (Wildman–Crippen MR) is 138 cm³/mol. The average Bonchev–Trinajstić information content (AvgIpc) is 2.92. The molecule has 9 nitrogen and oxygen atoms in total. The molecule has 1 atom stereocenters. The highest BCUT2D eigenvalue weighted by Crippen LogP contribution is 2.32. The predicted octanol–water partition coefficient (Wildman–Crippen LogP) is 3.27. The molecule has 1 aromatic carbocycles. The zero-order chi connectivity index (χ0) is 24.4. The Balaban J connectivity index is 1.62. The van der Waals surface area contributed by atoms with Crippen LogP contribution in [0, 0.1) is 0 Å². The van der Waals surface area contributed by atoms with Gasteiger partial charge in [0.15, 0.2) is 5.65 Å². The normalized spacial score (nSPS) is 18.5. The molecule has 0 spiro atoms. The molecule has 2 aromatic heterocycles. The van der Waals surface area contributed by atoms with E-state index in [0.717, 1.165) is 47.9 Å². The quantitative estimate of drug-likeness (QED) is 0.491. The zero-order valence-electron chi connectivity index (χ0n) is 20.2. The number of anilines is 2. The number of fused-ring (bicyclic) bond motifs is 1. The van der Waals surface area contributed by atoms with Gasteiger partial charge < -0.3 is 24.0 Å². The second kappa shape index (κ2) is 10.2. The van der Waals surface area contributed by atoms with Gasteiger partial charge in [-0.15, -0.1) is 0 Å². The number of aromatic nitrogens is 3. The van der Waals surface area contributed by atoms with E-state index < -0.39 is 5.97 Å². The van der Waals surface area contributed by atoms with E-state index in [-0.39, 0.29) is 6.04 Å². The number of morpholine rings is 1. The number of benzene rings is 1. The lowest BCUT2D eigenvalue weighted by Crippen LogP contribution is -2.44. The van der Waals surface area contributed by atoms with Crippen LogP contribution in [-0.2, 0) is 9.47 Å². The van der Waals surface area contributed by atoms with E-state index >= 15 is 0 Å². The second-order valence-corrected chi connectivity index (χ2v) is 9.76. The van der Waals surface area contributed by atoms with Crippen molar-refractivity contribution in [1.29, 1.82) is 0 Å². The minimum absolute atomic E-state index is 0.204. The molecule has 2 saturated heterocycles. The first kappa shape index (κ1) is 23.6. The number of thioether (sulfide) groups is 1. The largest absolute Gasteiger partial charge is 0.496 e. The number of nitrogens with zero attached hydrogens (tertiary/aromatic N) is 5. The molecule has 0 bridgehead atoms. The Bertz CT molecular complexity index is 1230. The number of ether oxygens (including phenoxy) is 3. The van der Waals surface area contributed by atoms with Crippen LogP contribution in [0.15, 0.2) is 30.3 Å². The molecule has 2 aliphatic heterocycles. The van der Waals surface area contributed by atoms with Crippen molar-refractivity contribution in [3.8, 4) is 17.0 Å². The Kier molecular flexibility index (Phi) is 6.92. The Hall–Kier alpha value is -3.11. The maximum Gasteiger partial charge on any atom is 0.341 e. The number of hydrogen-bond donors (Lipinski definition) is 0. The third kappa shape index (κ3) is 4.72. The number of carbonyl (C=O) groups excluding carboxylic acids is 1. The van der Waals surface area contributed by atoms with Crippen LogP contribution in [0.1, 0.15) is 17.3 Å². The van der Waals surface area contributed by atoms with Gasteiger partial charge in [0.05, 0.1) is 44.6 Å². The summed E-state index contributed by atoms with van der Waals surface area (Å²) in [4.78, 5) is 31.7. The van der Waals surface area contributed by atoms with Crippen LogP contribution >= 0.6 is 11.8 Å². The molecule has 0 saturated carbocycles. The van der Waals surface area contributed by atoms with E-state index in [2.05, 4.69) is 16.7 Å². The number of esters is 1. The van der Waals surface area contributed by atoms with Crippen molar-refractivity contribution in [3.63, 3.8) is 0 Å². The van der Waals surface area contributed by atoms with Crippen LogP contribution in [0.3, 0.4) is 0 Å². The van der Waals surface area contributed by atoms with Crippen LogP contribution in [0.25, 0.3) is 22.3 Å². The highest BCUT2D eigenvalue weighted by molar-refractivity contribution is 7.99. The van der Waals surface area contributed by atoms with Crippen LogP contribution < -0.4 is 14.5 Å². The molecule has 0 aliphatic carbocycles. The standard InChI is InChI=1S/C25H29N5O4S/c1-16-15-34-11-8-30(16)23-18-5-6-20(17-4-7-21(32-2)19(14-17)24(31)33-3)26-22(18)27-25(28-23)29-9-12-35-13-10-29/h4-7,14,16H,8-13,15H2,1-3H3. The molecule has 3 aromatic rings. The van der Waals surface area contributed by atoms with Gasteiger partial charge >= 0.3 is 5.97 Å². The number of hydrogen-bond acceptors (Lipinski definition) is 10. The molecule has 1 unspecified atom stereocenters. The van der Waals surface area contributed by atoms with E-state index in [4.69, 9.17) is 29.2 Å². The Morgan fingerprint density at radius 1 is 1.09 bits per heavy atom. The summed E-state index contributed by atoms with van der Waals surface area (Å²) in [5, 5.41) is 0.902. The first-order valence-electron chi connectivity index (χ1n) is 11.7. The molecular weight excluding hydrogens is 466 g/mol. The fourth-order valence-electron chi connectivity index (χ4n) is 4.45. The van der Waals surface area contributed by atoms with Gasteiger partial charge in [0.2, 0.25) is 5.95 Å². The molecule has 2 fully saturated rings. The number of rotatable bonds is 5. The van der Waals surface area contributed by atoms with Gasteiger partial charge in [-0.2, -0.15) is 21.7 Å². The molecule has 0 N–H and O–H groups in total. The Morgan fingerprint density at radius 2 is 1.91 bits per heavy atom. The number of carbonyl (C=O) groups is 1. The molecular formula is C25H29N5O4S. The molecule has 2 aliphatic rings. The van der Waals surface area contributed by atoms with Crippen LogP contribution in [-0.4, -0.2) is 85.5 Å². The van der Waals surface area contributed by atoms with Gasteiger partial charge in [0.1, 0.15) is 17.1 Å². The SMILES string of the molecule is COC(=O)c1cc(-c2ccc3c(N4CCOCC4C)nc(N4CCSCC4)nc3n2)ccc1OC. The monoisotopic (exact) mass is 495 g/mol. The van der Waals surface area contributed by atoms with Gasteiger partial charge in [0, 0.05) is 36.7 Å². The van der Waals surface area contributed by atoms with Crippen molar-refractivity contribution in [3.05, 3.63) is 35.9 Å². The van der Waals surface area contributed by atoms with Gasteiger partial charge in [-0.05, 0) is 37.3 Å². The fraction of sp³-hybridized carbons (Fsp3) is 0.440. The van der Waals surface area contributed by atoms with E-state index in [0.29, 0.717) is 41.8 Å². The van der Waals surface area contributed by atoms with Crippen LogP contribution in [0.4, 0.5) is 11.8 Å². The van der Waals surface area contributed by atoms with E-state index in [9.17, 15) is 4.79 Å². The lowest BCUT2D eigenvalue weighted by Gasteiger charge is -2.35. The molecule has 0 amide bonds. The van der Waals surface area contributed by atoms with E-state index in [1.54, 1.807) is 12.1 Å². The van der Waals surface area contributed by atoms with Crippen molar-refractivity contribution in [2.45, 2.75) is 13.0 Å². The summed E-state index contributed by atoms with van der Waals surface area (Å²) in [7, 11) is 2.88. The van der Waals surface area contributed by atoms with Gasteiger partial charge in [0.25, 0.3) is 0 Å². The lowest BCUT2D eigenvalue weighted by atomic mass is 10.1. The fourth-order valence-corrected chi connectivity index (χ4v) is 5.35. The summed E-state index contributed by atoms with van der Waals surface area (Å²) in [6.45, 7) is 6.07. The minimum atomic E-state index is -0.458. The third-order valence-electron chi connectivity index (χ3n) is 6.36. The summed E-state index contributed by atoms with van der Waals surface area (Å²) in [5.41, 5.74) is 2.48. The second-order valence-electron chi connectivity index (χ2n) is 8.54. The highest BCUT2D eigenvalue weighted by Gasteiger charge is 2.25. The highest BCUT2D eigenvalue weighted by atomic mass is 32.2. The summed E-state index contributed by atoms with van der Waals surface area (Å²) in [6.07, 6.45) is 0. The summed E-state index contributed by atoms with van der Waals surface area (Å²) in [5.74, 6) is 3.71. The minimum Gasteiger partial charge on any atom is -0.496 e. The van der Waals surface area contributed by atoms with Gasteiger partial charge in [-0.3, -0.25) is 0 Å². The van der Waals surface area contributed by atoms with E-state index in [1.165, 1.54) is 14.2 Å². The van der Waals surface area contributed by atoms with Crippen molar-refractivity contribution >= 4 is 40.5 Å². The Morgan fingerprint density at radius 3 is 2.66 bits per heavy atom. The third-order valence-corrected chi connectivity index (χ3v) is 7.30. The van der Waals surface area contributed by atoms with Crippen molar-refractivity contribution in [2.24, 2.45) is 0 Å². The van der Waals surface area contributed by atoms with Gasteiger partial charge in [-0.1, -0.05) is 0 Å². The molecule has 5 rings (SSSR count). The van der Waals surface area contributed by atoms with E-state index in [1.807, 2.05) is 30.0 Å². The van der Waals surface area contributed by atoms with Crippen molar-refractivity contribution < 1.29 is 19.0 Å². The average molecular weight is 496 g/mol. The maximum absolute atomic E-state index is 12.3. The van der Waals surface area contributed by atoms with Crippen LogP contribution in [0.5, 0.6) is 5.75 Å². The maximum atomic E-state index is 12.3. The molecule has 4 heterocycles. The summed E-state index contributed by atoms with van der Waals surface area (Å²) in [6, 6.07) is 9.55. The van der Waals surface area contributed by atoms with Crippen molar-refractivity contribution in [2.75, 3.05) is 68.4 Å². The molecule has 0 radical (unpaired) electrons.